The third kappa shape index (κ3) is 4.41. The minimum atomic E-state index is -0.174. The summed E-state index contributed by atoms with van der Waals surface area (Å²) in [6.45, 7) is 1.77. The topological polar surface area (TPSA) is 81.6 Å². The quantitative estimate of drug-likeness (QED) is 0.798. The highest BCUT2D eigenvalue weighted by Gasteiger charge is 2.19. The molecule has 6 heteroatoms. The highest BCUT2D eigenvalue weighted by atomic mass is 16.5. The molecule has 6 nitrogen and oxygen atoms in total. The van der Waals surface area contributed by atoms with Crippen LogP contribution in [0, 0.1) is 0 Å². The Balaban J connectivity index is 2.00. The fraction of sp³-hybridized carbons (Fsp3) is 0.375. The van der Waals surface area contributed by atoms with Crippen LogP contribution in [0.2, 0.25) is 0 Å². The van der Waals surface area contributed by atoms with Gasteiger partial charge in [-0.3, -0.25) is 4.79 Å². The molecule has 22 heavy (non-hydrogen) atoms. The van der Waals surface area contributed by atoms with Gasteiger partial charge < -0.3 is 19.9 Å². The van der Waals surface area contributed by atoms with Crippen molar-refractivity contribution in [1.29, 1.82) is 0 Å². The Hall–Kier alpha value is -2.18. The van der Waals surface area contributed by atoms with E-state index in [1.165, 1.54) is 5.56 Å². The predicted octanol–water partition coefficient (Wildman–Crippen LogP) is 1.46. The zero-order chi connectivity index (χ0) is 15.8. The first kappa shape index (κ1) is 16.2. The maximum Gasteiger partial charge on any atom is 0.276 e. The lowest BCUT2D eigenvalue weighted by molar-refractivity contribution is 0.0751. The maximum absolute atomic E-state index is 12.5. The van der Waals surface area contributed by atoms with Gasteiger partial charge in [-0.1, -0.05) is 35.5 Å². The highest BCUT2D eigenvalue weighted by molar-refractivity contribution is 5.92. The third-order valence-corrected chi connectivity index (χ3v) is 3.26. The molecule has 0 aliphatic rings. The van der Waals surface area contributed by atoms with Crippen LogP contribution in [0.1, 0.15) is 21.8 Å². The number of ether oxygens (including phenoxy) is 1. The van der Waals surface area contributed by atoms with Crippen molar-refractivity contribution in [3.8, 4) is 0 Å². The lowest BCUT2D eigenvalue weighted by Crippen LogP contribution is -2.37. The fourth-order valence-electron chi connectivity index (χ4n) is 2.17. The molecule has 1 heterocycles. The van der Waals surface area contributed by atoms with E-state index in [9.17, 15) is 4.79 Å². The standard InChI is InChI=1S/C16H21N3O3/c1-21-12-14-11-15(18-22-14)16(20)19(10-8-17)9-7-13-5-3-2-4-6-13/h2-6,11H,7-10,12,17H2,1H3. The smallest absolute Gasteiger partial charge is 0.276 e. The van der Waals surface area contributed by atoms with Crippen molar-refractivity contribution >= 4 is 5.91 Å². The Morgan fingerprint density at radius 1 is 1.32 bits per heavy atom. The van der Waals surface area contributed by atoms with Gasteiger partial charge in [-0.15, -0.1) is 0 Å². The fourth-order valence-corrected chi connectivity index (χ4v) is 2.17. The number of carbonyl (C=O) groups excluding carboxylic acids is 1. The number of methoxy groups -OCH3 is 1. The molecule has 0 aliphatic carbocycles. The molecule has 0 atom stereocenters. The van der Waals surface area contributed by atoms with Gasteiger partial charge in [-0.2, -0.15) is 0 Å². The molecule has 0 unspecified atom stereocenters. The van der Waals surface area contributed by atoms with Crippen LogP contribution in [0.5, 0.6) is 0 Å². The van der Waals surface area contributed by atoms with E-state index < -0.39 is 0 Å². The van der Waals surface area contributed by atoms with Gasteiger partial charge in [0, 0.05) is 32.8 Å². The second kappa shape index (κ2) is 8.31. The molecule has 2 aromatic rings. The van der Waals surface area contributed by atoms with Gasteiger partial charge in [0.05, 0.1) is 0 Å². The number of aromatic nitrogens is 1. The summed E-state index contributed by atoms with van der Waals surface area (Å²) >= 11 is 0. The summed E-state index contributed by atoms with van der Waals surface area (Å²) in [5.41, 5.74) is 7.07. The van der Waals surface area contributed by atoms with E-state index in [4.69, 9.17) is 15.0 Å². The van der Waals surface area contributed by atoms with Crippen molar-refractivity contribution < 1.29 is 14.1 Å². The van der Waals surface area contributed by atoms with E-state index in [1.54, 1.807) is 18.1 Å². The second-order valence-electron chi connectivity index (χ2n) is 4.93. The molecule has 0 aliphatic heterocycles. The van der Waals surface area contributed by atoms with Crippen molar-refractivity contribution in [2.75, 3.05) is 26.7 Å². The molecule has 1 aromatic heterocycles. The summed E-state index contributed by atoms with van der Waals surface area (Å²) < 4.78 is 10.0. The Labute approximate surface area is 129 Å². The largest absolute Gasteiger partial charge is 0.377 e. The minimum absolute atomic E-state index is 0.174. The molecule has 1 aromatic carbocycles. The zero-order valence-corrected chi connectivity index (χ0v) is 12.7. The van der Waals surface area contributed by atoms with Crippen molar-refractivity contribution in [3.05, 3.63) is 53.4 Å². The number of amides is 1. The minimum Gasteiger partial charge on any atom is -0.377 e. The van der Waals surface area contributed by atoms with Crippen LogP contribution < -0.4 is 5.73 Å². The molecule has 2 N–H and O–H groups in total. The van der Waals surface area contributed by atoms with Gasteiger partial charge >= 0.3 is 0 Å². The van der Waals surface area contributed by atoms with Gasteiger partial charge in [0.25, 0.3) is 5.91 Å². The van der Waals surface area contributed by atoms with Crippen molar-refractivity contribution in [2.24, 2.45) is 5.73 Å². The van der Waals surface area contributed by atoms with Crippen molar-refractivity contribution in [1.82, 2.24) is 10.1 Å². The Morgan fingerprint density at radius 3 is 2.77 bits per heavy atom. The second-order valence-corrected chi connectivity index (χ2v) is 4.93. The number of rotatable bonds is 8. The van der Waals surface area contributed by atoms with Crippen molar-refractivity contribution in [3.63, 3.8) is 0 Å². The molecule has 1 amide bonds. The maximum atomic E-state index is 12.5. The number of benzene rings is 1. The average molecular weight is 303 g/mol. The molecular formula is C16H21N3O3. The number of hydrogen-bond donors (Lipinski definition) is 1. The Morgan fingerprint density at radius 2 is 2.09 bits per heavy atom. The van der Waals surface area contributed by atoms with Crippen LogP contribution >= 0.6 is 0 Å². The zero-order valence-electron chi connectivity index (χ0n) is 12.7. The van der Waals surface area contributed by atoms with E-state index in [2.05, 4.69) is 5.16 Å². The molecule has 0 radical (unpaired) electrons. The normalized spacial score (nSPS) is 10.6. The average Bonchev–Trinajstić information content (AvgIpc) is 3.01. The number of nitrogens with zero attached hydrogens (tertiary/aromatic N) is 2. The molecular weight excluding hydrogens is 282 g/mol. The third-order valence-electron chi connectivity index (χ3n) is 3.26. The summed E-state index contributed by atoms with van der Waals surface area (Å²) in [5.74, 6) is 0.356. The summed E-state index contributed by atoms with van der Waals surface area (Å²) in [5, 5.41) is 3.81. The van der Waals surface area contributed by atoms with Gasteiger partial charge in [-0.25, -0.2) is 0 Å². The number of hydrogen-bond acceptors (Lipinski definition) is 5. The van der Waals surface area contributed by atoms with Gasteiger partial charge in [-0.05, 0) is 12.0 Å². The van der Waals surface area contributed by atoms with Crippen molar-refractivity contribution in [2.45, 2.75) is 13.0 Å². The van der Waals surface area contributed by atoms with Crippen LogP contribution in [0.25, 0.3) is 0 Å². The van der Waals surface area contributed by atoms with E-state index in [0.717, 1.165) is 6.42 Å². The lowest BCUT2D eigenvalue weighted by atomic mass is 10.1. The van der Waals surface area contributed by atoms with Crippen LogP contribution in [0.15, 0.2) is 40.9 Å². The van der Waals surface area contributed by atoms with Crippen LogP contribution in [-0.2, 0) is 17.8 Å². The molecule has 0 spiro atoms. The monoisotopic (exact) mass is 303 g/mol. The lowest BCUT2D eigenvalue weighted by Gasteiger charge is -2.20. The van der Waals surface area contributed by atoms with E-state index in [-0.39, 0.29) is 11.6 Å². The van der Waals surface area contributed by atoms with E-state index in [0.29, 0.717) is 32.0 Å². The summed E-state index contributed by atoms with van der Waals surface area (Å²) in [7, 11) is 1.56. The first-order chi connectivity index (χ1) is 10.7. The summed E-state index contributed by atoms with van der Waals surface area (Å²) in [4.78, 5) is 14.2. The molecule has 118 valence electrons. The van der Waals surface area contributed by atoms with Gasteiger partial charge in [0.15, 0.2) is 11.5 Å². The van der Waals surface area contributed by atoms with Gasteiger partial charge in [0.2, 0.25) is 0 Å². The molecule has 0 fully saturated rings. The number of nitrogens with two attached hydrogens (primary N) is 1. The van der Waals surface area contributed by atoms with Gasteiger partial charge in [0.1, 0.15) is 6.61 Å². The molecule has 0 bridgehead atoms. The summed E-state index contributed by atoms with van der Waals surface area (Å²) in [6.07, 6.45) is 0.773. The van der Waals surface area contributed by atoms with Crippen LogP contribution in [0.3, 0.4) is 0 Å². The van der Waals surface area contributed by atoms with Crippen LogP contribution in [-0.4, -0.2) is 42.7 Å². The van der Waals surface area contributed by atoms with Crippen LogP contribution in [0.4, 0.5) is 0 Å². The first-order valence-electron chi connectivity index (χ1n) is 7.22. The summed E-state index contributed by atoms with van der Waals surface area (Å²) in [6, 6.07) is 11.6. The molecule has 2 rings (SSSR count). The first-order valence-corrected chi connectivity index (χ1v) is 7.22. The SMILES string of the molecule is COCc1cc(C(=O)N(CCN)CCc2ccccc2)no1. The number of carbonyl (C=O) groups is 1. The highest BCUT2D eigenvalue weighted by Crippen LogP contribution is 2.09. The Bertz CT molecular complexity index is 583. The molecule has 0 saturated heterocycles. The van der Waals surface area contributed by atoms with E-state index in [1.807, 2.05) is 30.3 Å². The predicted molar refractivity (Wildman–Crippen MR) is 82.3 cm³/mol. The molecule has 0 saturated carbocycles. The Kier molecular flexibility index (Phi) is 6.12. The van der Waals surface area contributed by atoms with E-state index >= 15 is 0 Å².